The third kappa shape index (κ3) is 11.6. The fourth-order valence-electron chi connectivity index (χ4n) is 12.3. The molecule has 80 heavy (non-hydrogen) atoms. The number of ether oxygens (including phenoxy) is 2. The molecule has 3 aliphatic heterocycles. The molecule has 6 heterocycles. The Morgan fingerprint density at radius 2 is 1.59 bits per heavy atom. The Labute approximate surface area is 466 Å². The van der Waals surface area contributed by atoms with E-state index in [2.05, 4.69) is 38.4 Å². The number of hydrogen-bond acceptors (Lipinski definition) is 13. The summed E-state index contributed by atoms with van der Waals surface area (Å²) in [4.78, 5) is 68.8. The van der Waals surface area contributed by atoms with Gasteiger partial charge in [0, 0.05) is 81.4 Å². The van der Waals surface area contributed by atoms with Crippen LogP contribution in [0.5, 0.6) is 5.75 Å². The molecule has 2 saturated heterocycles. The van der Waals surface area contributed by atoms with Gasteiger partial charge in [-0.3, -0.25) is 34.6 Å². The Balaban J connectivity index is 0.739. The van der Waals surface area contributed by atoms with Crippen LogP contribution >= 0.6 is 11.3 Å². The number of aryl methyl sites for hydroxylation is 1. The summed E-state index contributed by atoms with van der Waals surface area (Å²) in [5.41, 5.74) is 3.33. The highest BCUT2D eigenvalue weighted by molar-refractivity contribution is 7.22. The maximum atomic E-state index is 15.5. The smallest absolute Gasteiger partial charge is 0.420 e. The summed E-state index contributed by atoms with van der Waals surface area (Å²) in [6.45, 7) is 12.5. The second kappa shape index (κ2) is 22.3. The van der Waals surface area contributed by atoms with Crippen LogP contribution in [0.3, 0.4) is 0 Å². The molecular weight excluding hydrogens is 1040 g/mol. The number of rotatable bonds is 13. The van der Waals surface area contributed by atoms with E-state index in [0.29, 0.717) is 72.7 Å². The number of esters is 1. The zero-order valence-corrected chi connectivity index (χ0v) is 46.5. The number of halogens is 3. The van der Waals surface area contributed by atoms with Crippen molar-refractivity contribution in [2.75, 3.05) is 54.4 Å². The zero-order chi connectivity index (χ0) is 56.0. The van der Waals surface area contributed by atoms with Gasteiger partial charge in [0.2, 0.25) is 11.8 Å². The molecule has 2 N–H and O–H groups in total. The van der Waals surface area contributed by atoms with E-state index in [1.165, 1.54) is 35.6 Å². The number of carbonyl (C=O) groups excluding carboxylic acids is 4. The minimum atomic E-state index is -4.85. The van der Waals surface area contributed by atoms with Crippen molar-refractivity contribution in [2.45, 2.75) is 109 Å². The number of benzene rings is 4. The summed E-state index contributed by atoms with van der Waals surface area (Å²) in [7, 11) is 1.91. The fraction of sp³-hybridized carbons (Fsp3) is 0.426. The second-order valence-electron chi connectivity index (χ2n) is 22.9. The summed E-state index contributed by atoms with van der Waals surface area (Å²) in [5.74, 6) is -1.28. The SMILES string of the molecule is C[C@@H](CC1CCC(Oc2cccc(-c3ccc(N4CCc5cccc(C(=O)Nc6nc7ccccc7s6)c5C4)nc3C(=O)OC(C)(C)C)c2C(F)(F)F)CC1)CN1CCN(c2cccc3c(C4CCC(=O)NC4=O)nn(C)c23)CC1. The molecule has 11 rings (SSSR count). The summed E-state index contributed by atoms with van der Waals surface area (Å²) >= 11 is 1.38. The first-order chi connectivity index (χ1) is 38.3. The number of piperidine rings is 1. The van der Waals surface area contributed by atoms with Crippen molar-refractivity contribution < 1.29 is 41.8 Å². The minimum Gasteiger partial charge on any atom is -0.490 e. The lowest BCUT2D eigenvalue weighted by Crippen LogP contribution is -2.47. The monoisotopic (exact) mass is 1110 g/mol. The molecule has 0 spiro atoms. The number of nitrogens with zero attached hydrogens (tertiary/aromatic N) is 7. The van der Waals surface area contributed by atoms with Crippen LogP contribution in [0.15, 0.2) is 91.0 Å². The van der Waals surface area contributed by atoms with E-state index in [1.54, 1.807) is 32.9 Å². The Morgan fingerprint density at radius 1 is 0.825 bits per heavy atom. The van der Waals surface area contributed by atoms with Gasteiger partial charge in [0.05, 0.1) is 39.1 Å². The predicted octanol–water partition coefficient (Wildman–Crippen LogP) is 11.3. The molecule has 7 aromatic rings. The van der Waals surface area contributed by atoms with Crippen LogP contribution in [-0.4, -0.2) is 99.3 Å². The minimum absolute atomic E-state index is 0.0282. The number of carbonyl (C=O) groups is 4. The molecule has 4 aromatic carbocycles. The third-order valence-electron chi connectivity index (χ3n) is 16.0. The summed E-state index contributed by atoms with van der Waals surface area (Å²) in [6.07, 6.45) is -0.0506. The first-order valence-electron chi connectivity index (χ1n) is 27.7. The van der Waals surface area contributed by atoms with Gasteiger partial charge in [-0.2, -0.15) is 18.3 Å². The number of alkyl halides is 3. The van der Waals surface area contributed by atoms with Gasteiger partial charge in [0.15, 0.2) is 10.8 Å². The number of anilines is 3. The molecule has 1 saturated carbocycles. The number of amides is 3. The van der Waals surface area contributed by atoms with Crippen LogP contribution in [-0.2, 0) is 40.5 Å². The number of aromatic nitrogens is 4. The molecule has 4 aliphatic rings. The molecule has 3 amide bonds. The Morgan fingerprint density at radius 3 is 2.34 bits per heavy atom. The van der Waals surface area contributed by atoms with Crippen molar-refractivity contribution in [2.24, 2.45) is 18.9 Å². The number of hydrogen-bond donors (Lipinski definition) is 2. The maximum absolute atomic E-state index is 15.5. The van der Waals surface area contributed by atoms with E-state index in [4.69, 9.17) is 19.6 Å². The normalized spacial score (nSPS) is 19.7. The largest absolute Gasteiger partial charge is 0.490 e. The van der Waals surface area contributed by atoms with E-state index in [-0.39, 0.29) is 46.8 Å². The molecule has 15 nitrogen and oxygen atoms in total. The van der Waals surface area contributed by atoms with Crippen LogP contribution in [0, 0.1) is 11.8 Å². The van der Waals surface area contributed by atoms with Crippen LogP contribution in [0.2, 0.25) is 0 Å². The highest BCUT2D eigenvalue weighted by atomic mass is 32.1. The average Bonchev–Trinajstić information content (AvgIpc) is 4.01. The molecule has 19 heteroatoms. The van der Waals surface area contributed by atoms with Gasteiger partial charge in [0.1, 0.15) is 22.7 Å². The number of imide groups is 1. The molecule has 1 unspecified atom stereocenters. The number of nitrogens with one attached hydrogen (secondary N) is 2. The van der Waals surface area contributed by atoms with Gasteiger partial charge in [-0.1, -0.05) is 66.8 Å². The standard InChI is InChI=1S/C61H66F3N9O6S/c1-36(34-71-29-31-72(32-30-71)47-16-9-14-43-53(69-70(5)55(43)47)44-24-26-51(74)67-57(44)76)33-37-19-21-39(22-20-37)78-48-17-10-12-40(52(48)61(62,63)64)41-23-25-50(66-54(41)58(77)79-60(2,3)4)73-28-27-38-11-8-13-42(45(38)35-73)56(75)68-59-65-46-15-6-7-18-49(46)80-59/h6-18,23,25,36-37,39,44H,19-22,24,26-35H2,1-5H3,(H,65,68,75)(H,67,74,76)/t36-,37?,39?,44?/m0/s1. The average molecular weight is 1110 g/mol. The van der Waals surface area contributed by atoms with Gasteiger partial charge in [-0.25, -0.2) is 14.8 Å². The van der Waals surface area contributed by atoms with Gasteiger partial charge in [-0.05, 0) is 131 Å². The molecule has 418 valence electrons. The molecule has 3 fully saturated rings. The first kappa shape index (κ1) is 54.6. The highest BCUT2D eigenvalue weighted by Crippen LogP contribution is 2.46. The molecule has 0 radical (unpaired) electrons. The molecule has 3 aromatic heterocycles. The number of para-hydroxylation sites is 2. The van der Waals surface area contributed by atoms with Crippen LogP contribution < -0.4 is 25.2 Å². The van der Waals surface area contributed by atoms with Crippen LogP contribution in [0.4, 0.5) is 29.8 Å². The number of pyridine rings is 1. The topological polar surface area (TPSA) is 164 Å². The molecule has 2 atom stereocenters. The van der Waals surface area contributed by atoms with Crippen molar-refractivity contribution in [3.63, 3.8) is 0 Å². The Bertz CT molecular complexity index is 3470. The van der Waals surface area contributed by atoms with E-state index < -0.39 is 35.3 Å². The summed E-state index contributed by atoms with van der Waals surface area (Å²) in [5, 5.41) is 11.6. The number of piperazine rings is 1. The highest BCUT2D eigenvalue weighted by Gasteiger charge is 2.40. The van der Waals surface area contributed by atoms with E-state index in [9.17, 15) is 19.2 Å². The summed E-state index contributed by atoms with van der Waals surface area (Å²) in [6, 6.07) is 26.7. The van der Waals surface area contributed by atoms with E-state index in [0.717, 1.165) is 89.9 Å². The first-order valence-corrected chi connectivity index (χ1v) is 28.6. The zero-order valence-electron chi connectivity index (χ0n) is 45.7. The summed E-state index contributed by atoms with van der Waals surface area (Å²) < 4.78 is 61.6. The van der Waals surface area contributed by atoms with Crippen molar-refractivity contribution >= 4 is 72.8 Å². The van der Waals surface area contributed by atoms with E-state index in [1.807, 2.05) is 65.2 Å². The third-order valence-corrected chi connectivity index (χ3v) is 16.9. The van der Waals surface area contributed by atoms with Crippen molar-refractivity contribution in [1.29, 1.82) is 0 Å². The number of fused-ring (bicyclic) bond motifs is 3. The Hall–Kier alpha value is -7.38. The van der Waals surface area contributed by atoms with Gasteiger partial charge < -0.3 is 19.3 Å². The maximum Gasteiger partial charge on any atom is 0.420 e. The quantitative estimate of drug-likeness (QED) is 0.0831. The molecular formula is C61H66F3N9O6S. The lowest BCUT2D eigenvalue weighted by molar-refractivity contribution is -0.139. The lowest BCUT2D eigenvalue weighted by Gasteiger charge is -2.38. The van der Waals surface area contributed by atoms with E-state index >= 15 is 13.2 Å². The van der Waals surface area contributed by atoms with Crippen molar-refractivity contribution in [3.05, 3.63) is 125 Å². The number of thiazole rings is 1. The van der Waals surface area contributed by atoms with Gasteiger partial charge in [0.25, 0.3) is 5.91 Å². The van der Waals surface area contributed by atoms with Crippen LogP contribution in [0.25, 0.3) is 32.2 Å². The fourth-order valence-corrected chi connectivity index (χ4v) is 13.1. The second-order valence-corrected chi connectivity index (χ2v) is 23.9. The Kier molecular flexibility index (Phi) is 15.2. The molecule has 1 aliphatic carbocycles. The lowest BCUT2D eigenvalue weighted by atomic mass is 9.82. The predicted molar refractivity (Wildman–Crippen MR) is 303 cm³/mol. The van der Waals surface area contributed by atoms with Gasteiger partial charge in [-0.15, -0.1) is 0 Å². The molecule has 0 bridgehead atoms. The van der Waals surface area contributed by atoms with Gasteiger partial charge >= 0.3 is 12.1 Å². The van der Waals surface area contributed by atoms with Crippen molar-refractivity contribution in [1.82, 2.24) is 30.0 Å². The van der Waals surface area contributed by atoms with Crippen LogP contribution in [0.1, 0.15) is 122 Å². The van der Waals surface area contributed by atoms with Crippen molar-refractivity contribution in [3.8, 4) is 16.9 Å².